The number of rotatable bonds is 0. The fraction of sp³-hybridized carbons (Fsp3) is 0.286. The fourth-order valence-corrected chi connectivity index (χ4v) is 1.13. The van der Waals surface area contributed by atoms with Crippen LogP contribution in [0.1, 0.15) is 5.82 Å². The van der Waals surface area contributed by atoms with Gasteiger partial charge < -0.3 is 4.57 Å². The lowest BCUT2D eigenvalue weighted by molar-refractivity contribution is 0.956. The molecule has 0 radical (unpaired) electrons. The predicted octanol–water partition coefficient (Wildman–Crippen LogP) is 0.981. The molecule has 0 fully saturated rings. The highest BCUT2D eigenvalue weighted by Crippen LogP contribution is 2.04. The van der Waals surface area contributed by atoms with Crippen LogP contribution in [-0.4, -0.2) is 14.0 Å². The average molecular weight is 135 g/mol. The van der Waals surface area contributed by atoms with E-state index >= 15 is 0 Å². The first-order valence-corrected chi connectivity index (χ1v) is 3.24. The van der Waals surface area contributed by atoms with E-state index in [4.69, 9.17) is 0 Å². The van der Waals surface area contributed by atoms with E-state index in [1.165, 1.54) is 0 Å². The molecule has 52 valence electrons. The van der Waals surface area contributed by atoms with Crippen LogP contribution in [0, 0.1) is 6.92 Å². The molecular formula is C7H9N3. The maximum atomic E-state index is 4.16. The first-order chi connectivity index (χ1) is 4.79. The molecule has 2 heterocycles. The predicted molar refractivity (Wildman–Crippen MR) is 38.9 cm³/mol. The van der Waals surface area contributed by atoms with Gasteiger partial charge in [-0.3, -0.25) is 4.40 Å². The average Bonchev–Trinajstić information content (AvgIpc) is 2.41. The smallest absolute Gasteiger partial charge is 0.136 e. The zero-order valence-corrected chi connectivity index (χ0v) is 6.07. The van der Waals surface area contributed by atoms with Gasteiger partial charge in [0.2, 0.25) is 0 Å². The lowest BCUT2D eigenvalue weighted by Gasteiger charge is -1.87. The molecule has 0 bridgehead atoms. The topological polar surface area (TPSA) is 22.2 Å². The first-order valence-electron chi connectivity index (χ1n) is 3.24. The van der Waals surface area contributed by atoms with Gasteiger partial charge in [0.05, 0.1) is 6.20 Å². The largest absolute Gasteiger partial charge is 0.334 e. The highest BCUT2D eigenvalue weighted by molar-refractivity contribution is 5.38. The van der Waals surface area contributed by atoms with Gasteiger partial charge in [-0.2, -0.15) is 0 Å². The fourth-order valence-electron chi connectivity index (χ4n) is 1.13. The summed E-state index contributed by atoms with van der Waals surface area (Å²) in [4.78, 5) is 4.16. The molecule has 0 saturated heterocycles. The van der Waals surface area contributed by atoms with Crippen LogP contribution in [0.15, 0.2) is 18.6 Å². The third-order valence-electron chi connectivity index (χ3n) is 1.76. The van der Waals surface area contributed by atoms with Crippen LogP contribution in [0.2, 0.25) is 0 Å². The summed E-state index contributed by atoms with van der Waals surface area (Å²) in [7, 11) is 2.01. The maximum Gasteiger partial charge on any atom is 0.136 e. The quantitative estimate of drug-likeness (QED) is 0.528. The van der Waals surface area contributed by atoms with Crippen LogP contribution in [0.4, 0.5) is 0 Å². The summed E-state index contributed by atoms with van der Waals surface area (Å²) < 4.78 is 4.10. The molecule has 2 aromatic rings. The van der Waals surface area contributed by atoms with Gasteiger partial charge in [0.25, 0.3) is 0 Å². The molecule has 0 aliphatic heterocycles. The monoisotopic (exact) mass is 135 g/mol. The van der Waals surface area contributed by atoms with Crippen molar-refractivity contribution in [3.8, 4) is 0 Å². The second-order valence-corrected chi connectivity index (χ2v) is 2.44. The molecule has 0 aliphatic carbocycles. The lowest BCUT2D eigenvalue weighted by atomic mass is 10.7. The molecule has 2 aromatic heterocycles. The maximum absolute atomic E-state index is 4.16. The van der Waals surface area contributed by atoms with E-state index in [2.05, 4.69) is 9.38 Å². The Balaban J connectivity index is 2.95. The van der Waals surface area contributed by atoms with Crippen LogP contribution < -0.4 is 0 Å². The van der Waals surface area contributed by atoms with Gasteiger partial charge in [0, 0.05) is 19.4 Å². The number of hydrogen-bond acceptors (Lipinski definition) is 1. The van der Waals surface area contributed by atoms with E-state index in [0.717, 1.165) is 11.5 Å². The molecule has 2 rings (SSSR count). The number of aryl methyl sites for hydroxylation is 2. The lowest BCUT2D eigenvalue weighted by Crippen LogP contribution is -1.84. The molecule has 0 saturated carbocycles. The standard InChI is InChI=1S/C7H9N3/c1-6-8-5-7-9(2)3-4-10(6)7/h3-5H,1-2H3. The van der Waals surface area contributed by atoms with Crippen molar-refractivity contribution < 1.29 is 0 Å². The molecule has 0 N–H and O–H groups in total. The number of fused-ring (bicyclic) bond motifs is 1. The Morgan fingerprint density at radius 2 is 2.20 bits per heavy atom. The van der Waals surface area contributed by atoms with Crippen molar-refractivity contribution in [2.75, 3.05) is 0 Å². The third-order valence-corrected chi connectivity index (χ3v) is 1.76. The van der Waals surface area contributed by atoms with Crippen molar-refractivity contribution in [2.24, 2.45) is 7.05 Å². The van der Waals surface area contributed by atoms with Gasteiger partial charge in [-0.1, -0.05) is 0 Å². The number of hydrogen-bond donors (Lipinski definition) is 0. The molecule has 0 aromatic carbocycles. The molecule has 0 amide bonds. The van der Waals surface area contributed by atoms with Crippen LogP contribution in [-0.2, 0) is 7.05 Å². The van der Waals surface area contributed by atoms with E-state index in [0.29, 0.717) is 0 Å². The molecular weight excluding hydrogens is 126 g/mol. The first kappa shape index (κ1) is 5.53. The molecule has 10 heavy (non-hydrogen) atoms. The van der Waals surface area contributed by atoms with Crippen molar-refractivity contribution in [1.82, 2.24) is 14.0 Å². The molecule has 0 unspecified atom stereocenters. The van der Waals surface area contributed by atoms with E-state index in [9.17, 15) is 0 Å². The van der Waals surface area contributed by atoms with Crippen LogP contribution in [0.5, 0.6) is 0 Å². The summed E-state index contributed by atoms with van der Waals surface area (Å²) >= 11 is 0. The van der Waals surface area contributed by atoms with Gasteiger partial charge in [-0.05, 0) is 6.92 Å². The van der Waals surface area contributed by atoms with E-state index < -0.39 is 0 Å². The van der Waals surface area contributed by atoms with Gasteiger partial charge in [-0.15, -0.1) is 0 Å². The van der Waals surface area contributed by atoms with Gasteiger partial charge in [0.1, 0.15) is 11.5 Å². The van der Waals surface area contributed by atoms with Crippen molar-refractivity contribution in [3.05, 3.63) is 24.4 Å². The number of nitrogens with zero attached hydrogens (tertiary/aromatic N) is 3. The summed E-state index contributed by atoms with van der Waals surface area (Å²) in [6, 6.07) is 0. The van der Waals surface area contributed by atoms with Crippen LogP contribution in [0.25, 0.3) is 5.65 Å². The Morgan fingerprint density at radius 1 is 1.40 bits per heavy atom. The summed E-state index contributed by atoms with van der Waals surface area (Å²) in [6.45, 7) is 1.99. The minimum absolute atomic E-state index is 1.04. The zero-order valence-electron chi connectivity index (χ0n) is 6.07. The highest BCUT2D eigenvalue weighted by Gasteiger charge is 1.98. The minimum Gasteiger partial charge on any atom is -0.334 e. The van der Waals surface area contributed by atoms with Crippen molar-refractivity contribution in [1.29, 1.82) is 0 Å². The summed E-state index contributed by atoms with van der Waals surface area (Å²) in [5, 5.41) is 0. The molecule has 0 spiro atoms. The third kappa shape index (κ3) is 0.518. The molecule has 3 heteroatoms. The Morgan fingerprint density at radius 3 is 2.90 bits per heavy atom. The minimum atomic E-state index is 1.04. The van der Waals surface area contributed by atoms with Crippen molar-refractivity contribution in [2.45, 2.75) is 6.92 Å². The van der Waals surface area contributed by atoms with Crippen molar-refractivity contribution in [3.63, 3.8) is 0 Å². The van der Waals surface area contributed by atoms with Crippen LogP contribution >= 0.6 is 0 Å². The molecule has 0 atom stereocenters. The number of aromatic nitrogens is 3. The Hall–Kier alpha value is -1.25. The molecule has 3 nitrogen and oxygen atoms in total. The Bertz CT molecular complexity index is 320. The van der Waals surface area contributed by atoms with Crippen molar-refractivity contribution >= 4 is 5.65 Å². The van der Waals surface area contributed by atoms with Gasteiger partial charge in [-0.25, -0.2) is 4.98 Å². The second kappa shape index (κ2) is 1.62. The summed E-state index contributed by atoms with van der Waals surface area (Å²) in [5.41, 5.74) is 1.14. The zero-order chi connectivity index (χ0) is 7.14. The highest BCUT2D eigenvalue weighted by atomic mass is 15.1. The number of imidazole rings is 2. The molecule has 0 aliphatic rings. The summed E-state index contributed by atoms with van der Waals surface area (Å²) in [6.07, 6.45) is 5.90. The normalized spacial score (nSPS) is 11.0. The summed E-state index contributed by atoms with van der Waals surface area (Å²) in [5.74, 6) is 1.04. The van der Waals surface area contributed by atoms with E-state index in [1.807, 2.05) is 37.1 Å². The SMILES string of the molecule is Cc1ncc2n(C)ccn12. The van der Waals surface area contributed by atoms with E-state index in [1.54, 1.807) is 0 Å². The van der Waals surface area contributed by atoms with Crippen LogP contribution in [0.3, 0.4) is 0 Å². The van der Waals surface area contributed by atoms with Gasteiger partial charge in [0.15, 0.2) is 0 Å². The second-order valence-electron chi connectivity index (χ2n) is 2.44. The van der Waals surface area contributed by atoms with E-state index in [-0.39, 0.29) is 0 Å². The Labute approximate surface area is 58.9 Å². The Kier molecular flexibility index (Phi) is 0.897. The van der Waals surface area contributed by atoms with Gasteiger partial charge >= 0.3 is 0 Å².